The zero-order valence-corrected chi connectivity index (χ0v) is 3.76. The highest BCUT2D eigenvalue weighted by atomic mass is 31.0. The van der Waals surface area contributed by atoms with Crippen LogP contribution in [-0.2, 0) is 0 Å². The first-order chi connectivity index (χ1) is 1.91. The molecule has 0 heterocycles. The SMILES string of the molecule is CN=CP. The van der Waals surface area contributed by atoms with Crippen LogP contribution in [0.15, 0.2) is 4.99 Å². The van der Waals surface area contributed by atoms with Crippen LogP contribution in [0.25, 0.3) is 0 Å². The third kappa shape index (κ3) is 2.10. The number of hydrogen-bond acceptors (Lipinski definition) is 1. The van der Waals surface area contributed by atoms with Gasteiger partial charge in [-0.25, -0.2) is 0 Å². The molecule has 1 nitrogen and oxygen atoms in total. The van der Waals surface area contributed by atoms with E-state index in [0.717, 1.165) is 0 Å². The molecule has 0 fully saturated rings. The van der Waals surface area contributed by atoms with Crippen molar-refractivity contribution in [1.82, 2.24) is 0 Å². The van der Waals surface area contributed by atoms with Gasteiger partial charge in [0, 0.05) is 13.0 Å². The van der Waals surface area contributed by atoms with Gasteiger partial charge in [0.15, 0.2) is 0 Å². The van der Waals surface area contributed by atoms with E-state index < -0.39 is 0 Å². The largest absolute Gasteiger partial charge is 0.297 e. The number of aliphatic imine (C=N–C) groups is 1. The Morgan fingerprint density at radius 1 is 2.00 bits per heavy atom. The van der Waals surface area contributed by atoms with E-state index in [9.17, 15) is 0 Å². The lowest BCUT2D eigenvalue weighted by atomic mass is 11.4. The monoisotopic (exact) mass is 75.0 g/mol. The second-order valence-electron chi connectivity index (χ2n) is 0.407. The zero-order valence-electron chi connectivity index (χ0n) is 2.60. The molecular formula is C2H6NP. The number of hydrogen-bond donors (Lipinski definition) is 0. The Morgan fingerprint density at radius 2 is 2.25 bits per heavy atom. The maximum atomic E-state index is 3.57. The summed E-state index contributed by atoms with van der Waals surface area (Å²) in [5, 5.41) is 0. The average Bonchev–Trinajstić information content (AvgIpc) is 1.37. The van der Waals surface area contributed by atoms with E-state index in [4.69, 9.17) is 0 Å². The molecule has 0 N–H and O–H groups in total. The number of nitrogens with zero attached hydrogens (tertiary/aromatic N) is 1. The maximum absolute atomic E-state index is 3.57. The fourth-order valence-corrected chi connectivity index (χ4v) is 0. The molecule has 0 saturated carbocycles. The molecule has 2 heteroatoms. The van der Waals surface area contributed by atoms with Crippen LogP contribution >= 0.6 is 9.24 Å². The van der Waals surface area contributed by atoms with E-state index in [2.05, 4.69) is 14.2 Å². The smallest absolute Gasteiger partial charge is 0.0277 e. The van der Waals surface area contributed by atoms with Crippen molar-refractivity contribution in [3.05, 3.63) is 0 Å². The highest BCUT2D eigenvalue weighted by Crippen LogP contribution is 1.62. The van der Waals surface area contributed by atoms with E-state index >= 15 is 0 Å². The second-order valence-corrected chi connectivity index (χ2v) is 0.705. The Labute approximate surface area is 28.3 Å². The summed E-state index contributed by atoms with van der Waals surface area (Å²) in [5.41, 5.74) is 0. The van der Waals surface area contributed by atoms with E-state index in [1.54, 1.807) is 13.0 Å². The van der Waals surface area contributed by atoms with Gasteiger partial charge in [0.1, 0.15) is 0 Å². The standard InChI is InChI=1S/C2H6NP/c1-3-2-4/h2H,4H2,1H3. The summed E-state index contributed by atoms with van der Waals surface area (Å²) < 4.78 is 0. The average molecular weight is 75.1 g/mol. The van der Waals surface area contributed by atoms with Crippen molar-refractivity contribution >= 4 is 15.2 Å². The van der Waals surface area contributed by atoms with Gasteiger partial charge < -0.3 is 0 Å². The summed E-state index contributed by atoms with van der Waals surface area (Å²) in [7, 11) is 4.09. The molecule has 0 rings (SSSR count). The lowest BCUT2D eigenvalue weighted by Crippen LogP contribution is -1.40. The maximum Gasteiger partial charge on any atom is 0.0277 e. The predicted octanol–water partition coefficient (Wildman–Crippen LogP) is 0.520. The lowest BCUT2D eigenvalue weighted by Gasteiger charge is -1.53. The fourth-order valence-electron chi connectivity index (χ4n) is 0. The first-order valence-electron chi connectivity index (χ1n) is 1.04. The van der Waals surface area contributed by atoms with Crippen molar-refractivity contribution in [3.8, 4) is 0 Å². The van der Waals surface area contributed by atoms with Crippen LogP contribution < -0.4 is 0 Å². The second kappa shape index (κ2) is 3.10. The van der Waals surface area contributed by atoms with Crippen LogP contribution in [0.5, 0.6) is 0 Å². The van der Waals surface area contributed by atoms with Crippen molar-refractivity contribution in [3.63, 3.8) is 0 Å². The molecule has 0 spiro atoms. The van der Waals surface area contributed by atoms with Gasteiger partial charge in [-0.05, 0) is 0 Å². The summed E-state index contributed by atoms with van der Waals surface area (Å²) in [6, 6.07) is 0. The Balaban J connectivity index is 2.55. The minimum Gasteiger partial charge on any atom is -0.297 e. The Bertz CT molecular complexity index is 21.2. The van der Waals surface area contributed by atoms with Crippen LogP contribution in [0.1, 0.15) is 0 Å². The topological polar surface area (TPSA) is 12.4 Å². The molecule has 0 aromatic rings. The van der Waals surface area contributed by atoms with Crippen LogP contribution in [-0.4, -0.2) is 13.0 Å². The normalized spacial score (nSPS) is 9.50. The highest BCUT2D eigenvalue weighted by molar-refractivity contribution is 7.36. The third-order valence-corrected chi connectivity index (χ3v) is 0.447. The van der Waals surface area contributed by atoms with Gasteiger partial charge in [-0.1, -0.05) is 9.24 Å². The van der Waals surface area contributed by atoms with Gasteiger partial charge in [0.25, 0.3) is 0 Å². The number of rotatable bonds is 0. The molecule has 1 unspecified atom stereocenters. The minimum atomic E-state index is 1.67. The summed E-state index contributed by atoms with van der Waals surface area (Å²) in [5.74, 6) is 1.67. The summed E-state index contributed by atoms with van der Waals surface area (Å²) in [6.45, 7) is 0. The Kier molecular flexibility index (Phi) is 3.18. The molecule has 0 aliphatic carbocycles. The molecule has 0 radical (unpaired) electrons. The van der Waals surface area contributed by atoms with Gasteiger partial charge in [-0.3, -0.25) is 4.99 Å². The lowest BCUT2D eigenvalue weighted by molar-refractivity contribution is 1.49. The molecule has 24 valence electrons. The highest BCUT2D eigenvalue weighted by Gasteiger charge is 1.32. The first-order valence-corrected chi connectivity index (χ1v) is 1.71. The van der Waals surface area contributed by atoms with Gasteiger partial charge in [0.05, 0.1) is 0 Å². The Hall–Kier alpha value is 0.100. The molecule has 0 aliphatic heterocycles. The summed E-state index contributed by atoms with van der Waals surface area (Å²) in [4.78, 5) is 3.57. The van der Waals surface area contributed by atoms with Gasteiger partial charge >= 0.3 is 0 Å². The molecular weight excluding hydrogens is 69.0 g/mol. The molecule has 0 amide bonds. The Morgan fingerprint density at radius 3 is 2.25 bits per heavy atom. The van der Waals surface area contributed by atoms with Gasteiger partial charge in [0.2, 0.25) is 0 Å². The molecule has 0 aromatic heterocycles. The molecule has 0 saturated heterocycles. The van der Waals surface area contributed by atoms with Crippen LogP contribution in [0.4, 0.5) is 0 Å². The molecule has 4 heavy (non-hydrogen) atoms. The van der Waals surface area contributed by atoms with Gasteiger partial charge in [-0.15, -0.1) is 0 Å². The quantitative estimate of drug-likeness (QED) is 0.294. The predicted molar refractivity (Wildman–Crippen MR) is 24.1 cm³/mol. The first kappa shape index (κ1) is 4.10. The summed E-state index contributed by atoms with van der Waals surface area (Å²) in [6.07, 6.45) is 0. The van der Waals surface area contributed by atoms with Crippen molar-refractivity contribution in [1.29, 1.82) is 0 Å². The zero-order chi connectivity index (χ0) is 3.41. The molecule has 1 atom stereocenters. The summed E-state index contributed by atoms with van der Waals surface area (Å²) >= 11 is 0. The van der Waals surface area contributed by atoms with Crippen molar-refractivity contribution < 1.29 is 0 Å². The van der Waals surface area contributed by atoms with Gasteiger partial charge in [-0.2, -0.15) is 0 Å². The fraction of sp³-hybridized carbons (Fsp3) is 0.500. The van der Waals surface area contributed by atoms with Crippen LogP contribution in [0.2, 0.25) is 0 Å². The van der Waals surface area contributed by atoms with E-state index in [1.165, 1.54) is 0 Å². The van der Waals surface area contributed by atoms with E-state index in [1.807, 2.05) is 0 Å². The van der Waals surface area contributed by atoms with Crippen LogP contribution in [0.3, 0.4) is 0 Å². The van der Waals surface area contributed by atoms with E-state index in [0.29, 0.717) is 0 Å². The minimum absolute atomic E-state index is 1.67. The molecule has 0 bridgehead atoms. The van der Waals surface area contributed by atoms with Crippen LogP contribution in [0, 0.1) is 0 Å². The van der Waals surface area contributed by atoms with Crippen molar-refractivity contribution in [2.45, 2.75) is 0 Å². The van der Waals surface area contributed by atoms with Crippen molar-refractivity contribution in [2.75, 3.05) is 7.05 Å². The molecule has 0 aromatic carbocycles. The molecule has 0 aliphatic rings. The van der Waals surface area contributed by atoms with E-state index in [-0.39, 0.29) is 0 Å². The van der Waals surface area contributed by atoms with Crippen molar-refractivity contribution in [2.24, 2.45) is 4.99 Å². The third-order valence-electron chi connectivity index (χ3n) is 0.149.